The number of hydrogen-bond donors (Lipinski definition) is 1. The van der Waals surface area contributed by atoms with Crippen molar-refractivity contribution in [3.63, 3.8) is 0 Å². The maximum atomic E-state index is 10.6. The van der Waals surface area contributed by atoms with E-state index in [2.05, 4.69) is 0 Å². The number of ether oxygens (including phenoxy) is 1. The average Bonchev–Trinajstić information content (AvgIpc) is 2.48. The van der Waals surface area contributed by atoms with Gasteiger partial charge in [-0.15, -0.1) is 0 Å². The highest BCUT2D eigenvalue weighted by molar-refractivity contribution is 5.39. The third-order valence-corrected chi connectivity index (χ3v) is 3.03. The van der Waals surface area contributed by atoms with Crippen LogP contribution in [0.3, 0.4) is 0 Å². The van der Waals surface area contributed by atoms with Crippen LogP contribution in [0, 0.1) is 10.1 Å². The fourth-order valence-corrected chi connectivity index (χ4v) is 1.79. The zero-order valence-electron chi connectivity index (χ0n) is 11.2. The maximum Gasteiger partial charge on any atom is 0.269 e. The highest BCUT2D eigenvalue weighted by atomic mass is 16.6. The highest BCUT2D eigenvalue weighted by Crippen LogP contribution is 2.25. The molecule has 0 aliphatic carbocycles. The molecule has 0 saturated heterocycles. The van der Waals surface area contributed by atoms with E-state index in [1.54, 1.807) is 12.1 Å². The zero-order valence-corrected chi connectivity index (χ0v) is 11.2. The lowest BCUT2D eigenvalue weighted by atomic mass is 10.1. The lowest BCUT2D eigenvalue weighted by Gasteiger charge is -2.10. The second-order valence-corrected chi connectivity index (χ2v) is 4.44. The van der Waals surface area contributed by atoms with E-state index in [1.807, 2.05) is 31.2 Å². The minimum atomic E-state index is -0.440. The molecule has 0 amide bonds. The van der Waals surface area contributed by atoms with Crippen molar-refractivity contribution in [2.75, 3.05) is 0 Å². The summed E-state index contributed by atoms with van der Waals surface area (Å²) in [4.78, 5) is 10.1. The van der Waals surface area contributed by atoms with E-state index in [4.69, 9.17) is 10.5 Å². The van der Waals surface area contributed by atoms with Crippen molar-refractivity contribution in [2.45, 2.75) is 19.4 Å². The molecule has 2 rings (SSSR count). The number of non-ortho nitro benzene ring substituents is 1. The molecule has 1 atom stereocenters. The van der Waals surface area contributed by atoms with Crippen molar-refractivity contribution in [2.24, 2.45) is 5.73 Å². The van der Waals surface area contributed by atoms with E-state index in [9.17, 15) is 10.1 Å². The number of nitro benzene ring substituents is 1. The van der Waals surface area contributed by atoms with Crippen LogP contribution in [0.1, 0.15) is 24.9 Å². The Hall–Kier alpha value is -2.40. The van der Waals surface area contributed by atoms with Gasteiger partial charge < -0.3 is 10.5 Å². The van der Waals surface area contributed by atoms with Gasteiger partial charge in [-0.3, -0.25) is 10.1 Å². The first-order chi connectivity index (χ1) is 9.60. The zero-order chi connectivity index (χ0) is 14.5. The van der Waals surface area contributed by atoms with E-state index in [0.29, 0.717) is 11.5 Å². The molecule has 104 valence electrons. The second kappa shape index (κ2) is 6.16. The van der Waals surface area contributed by atoms with E-state index in [-0.39, 0.29) is 11.7 Å². The quantitative estimate of drug-likeness (QED) is 0.663. The molecular formula is C15H16N2O3. The third kappa shape index (κ3) is 3.33. The van der Waals surface area contributed by atoms with Gasteiger partial charge in [0.15, 0.2) is 0 Å². The highest BCUT2D eigenvalue weighted by Gasteiger charge is 2.06. The predicted octanol–water partition coefficient (Wildman–Crippen LogP) is 3.80. The van der Waals surface area contributed by atoms with Gasteiger partial charge in [-0.2, -0.15) is 0 Å². The lowest BCUT2D eigenvalue weighted by Crippen LogP contribution is -2.07. The Morgan fingerprint density at radius 1 is 1.10 bits per heavy atom. The molecule has 5 heteroatoms. The smallest absolute Gasteiger partial charge is 0.269 e. The van der Waals surface area contributed by atoms with E-state index in [0.717, 1.165) is 12.0 Å². The van der Waals surface area contributed by atoms with Crippen molar-refractivity contribution in [1.29, 1.82) is 0 Å². The summed E-state index contributed by atoms with van der Waals surface area (Å²) in [6.45, 7) is 2.03. The Balaban J connectivity index is 2.08. The third-order valence-electron chi connectivity index (χ3n) is 3.03. The molecule has 0 bridgehead atoms. The standard InChI is InChI=1S/C15H16N2O3/c1-2-15(16)11-3-7-13(8-4-11)20-14-9-5-12(6-10-14)17(18)19/h3-10,15H,2,16H2,1H3. The summed E-state index contributed by atoms with van der Waals surface area (Å²) in [7, 11) is 0. The Labute approximate surface area is 117 Å². The predicted molar refractivity (Wildman–Crippen MR) is 76.8 cm³/mol. The Kier molecular flexibility index (Phi) is 4.32. The molecule has 0 heterocycles. The topological polar surface area (TPSA) is 78.4 Å². The number of nitro groups is 1. The van der Waals surface area contributed by atoms with Crippen LogP contribution in [-0.2, 0) is 0 Å². The summed E-state index contributed by atoms with van der Waals surface area (Å²) in [5, 5.41) is 10.6. The van der Waals surface area contributed by atoms with E-state index < -0.39 is 4.92 Å². The van der Waals surface area contributed by atoms with Crippen LogP contribution in [0.15, 0.2) is 48.5 Å². The van der Waals surface area contributed by atoms with Crippen molar-refractivity contribution in [3.8, 4) is 11.5 Å². The van der Waals surface area contributed by atoms with Crippen LogP contribution >= 0.6 is 0 Å². The molecule has 2 aromatic rings. The molecular weight excluding hydrogens is 256 g/mol. The largest absolute Gasteiger partial charge is 0.457 e. The van der Waals surface area contributed by atoms with Gasteiger partial charge in [0.2, 0.25) is 0 Å². The van der Waals surface area contributed by atoms with Crippen molar-refractivity contribution >= 4 is 5.69 Å². The summed E-state index contributed by atoms with van der Waals surface area (Å²) in [6.07, 6.45) is 0.878. The number of rotatable bonds is 5. The van der Waals surface area contributed by atoms with Crippen LogP contribution in [0.25, 0.3) is 0 Å². The summed E-state index contributed by atoms with van der Waals surface area (Å²) >= 11 is 0. The van der Waals surface area contributed by atoms with Gasteiger partial charge >= 0.3 is 0 Å². The molecule has 0 aliphatic rings. The molecule has 0 aromatic heterocycles. The maximum absolute atomic E-state index is 10.6. The molecule has 0 fully saturated rings. The monoisotopic (exact) mass is 272 g/mol. The van der Waals surface area contributed by atoms with Crippen LogP contribution in [0.4, 0.5) is 5.69 Å². The fourth-order valence-electron chi connectivity index (χ4n) is 1.79. The van der Waals surface area contributed by atoms with Gasteiger partial charge in [-0.05, 0) is 36.2 Å². The van der Waals surface area contributed by atoms with Crippen LogP contribution in [0.2, 0.25) is 0 Å². The molecule has 5 nitrogen and oxygen atoms in total. The molecule has 20 heavy (non-hydrogen) atoms. The lowest BCUT2D eigenvalue weighted by molar-refractivity contribution is -0.384. The number of nitrogens with zero attached hydrogens (tertiary/aromatic N) is 1. The van der Waals surface area contributed by atoms with Gasteiger partial charge in [0, 0.05) is 18.2 Å². The Bertz CT molecular complexity index is 579. The van der Waals surface area contributed by atoms with Gasteiger partial charge in [-0.1, -0.05) is 19.1 Å². The van der Waals surface area contributed by atoms with E-state index >= 15 is 0 Å². The normalized spacial score (nSPS) is 11.9. The molecule has 0 aliphatic heterocycles. The van der Waals surface area contributed by atoms with Crippen molar-refractivity contribution in [3.05, 3.63) is 64.2 Å². The number of nitrogens with two attached hydrogens (primary N) is 1. The Morgan fingerprint density at radius 3 is 2.05 bits per heavy atom. The molecule has 2 N–H and O–H groups in total. The molecule has 0 spiro atoms. The molecule has 1 unspecified atom stereocenters. The second-order valence-electron chi connectivity index (χ2n) is 4.44. The molecule has 2 aromatic carbocycles. The van der Waals surface area contributed by atoms with Gasteiger partial charge in [0.25, 0.3) is 5.69 Å². The van der Waals surface area contributed by atoms with Gasteiger partial charge in [0.05, 0.1) is 4.92 Å². The summed E-state index contributed by atoms with van der Waals surface area (Å²) < 4.78 is 5.62. The van der Waals surface area contributed by atoms with Crippen LogP contribution < -0.4 is 10.5 Å². The minimum absolute atomic E-state index is 0.0309. The van der Waals surface area contributed by atoms with Crippen molar-refractivity contribution in [1.82, 2.24) is 0 Å². The van der Waals surface area contributed by atoms with Crippen LogP contribution in [-0.4, -0.2) is 4.92 Å². The number of hydrogen-bond acceptors (Lipinski definition) is 4. The first-order valence-electron chi connectivity index (χ1n) is 6.38. The van der Waals surface area contributed by atoms with Crippen LogP contribution in [0.5, 0.6) is 11.5 Å². The molecule has 0 radical (unpaired) electrons. The molecule has 0 saturated carbocycles. The van der Waals surface area contributed by atoms with Gasteiger partial charge in [0.1, 0.15) is 11.5 Å². The van der Waals surface area contributed by atoms with Gasteiger partial charge in [-0.25, -0.2) is 0 Å². The Morgan fingerprint density at radius 2 is 1.60 bits per heavy atom. The first-order valence-corrected chi connectivity index (χ1v) is 6.38. The average molecular weight is 272 g/mol. The fraction of sp³-hybridized carbons (Fsp3) is 0.200. The van der Waals surface area contributed by atoms with E-state index in [1.165, 1.54) is 12.1 Å². The summed E-state index contributed by atoms with van der Waals surface area (Å²) in [6, 6.07) is 13.5. The number of benzene rings is 2. The summed E-state index contributed by atoms with van der Waals surface area (Å²) in [5.41, 5.74) is 7.04. The first kappa shape index (κ1) is 14.0. The SMILES string of the molecule is CCC(N)c1ccc(Oc2ccc([N+](=O)[O-])cc2)cc1. The van der Waals surface area contributed by atoms with Crippen molar-refractivity contribution < 1.29 is 9.66 Å². The minimum Gasteiger partial charge on any atom is -0.457 e. The summed E-state index contributed by atoms with van der Waals surface area (Å²) in [5.74, 6) is 1.23.